The number of thiophene rings is 1. The number of Topliss-reactive ketones (excluding diaryl/α,β-unsaturated/α-hetero) is 1. The summed E-state index contributed by atoms with van der Waals surface area (Å²) in [7, 11) is 0. The monoisotopic (exact) mass is 200 g/mol. The van der Waals surface area contributed by atoms with Gasteiger partial charge in [0.2, 0.25) is 0 Å². The predicted octanol–water partition coefficient (Wildman–Crippen LogP) is 3.07. The van der Waals surface area contributed by atoms with Crippen LogP contribution >= 0.6 is 23.1 Å². The third kappa shape index (κ3) is 1.90. The van der Waals surface area contributed by atoms with Crippen molar-refractivity contribution >= 4 is 28.9 Å². The van der Waals surface area contributed by atoms with Crippen LogP contribution in [0.5, 0.6) is 0 Å². The van der Waals surface area contributed by atoms with Crippen LogP contribution in [0.15, 0.2) is 17.5 Å². The zero-order valence-corrected chi connectivity index (χ0v) is 9.09. The van der Waals surface area contributed by atoms with Crippen LogP contribution in [0.2, 0.25) is 0 Å². The van der Waals surface area contributed by atoms with Crippen molar-refractivity contribution in [2.24, 2.45) is 0 Å². The summed E-state index contributed by atoms with van der Waals surface area (Å²) in [6, 6.07) is 3.79. The second kappa shape index (κ2) is 3.62. The van der Waals surface area contributed by atoms with E-state index in [1.165, 1.54) is 11.3 Å². The molecule has 1 rings (SSSR count). The Balaban J connectivity index is 2.86. The first-order valence-corrected chi connectivity index (χ1v) is 5.82. The Morgan fingerprint density at radius 2 is 2.25 bits per heavy atom. The molecule has 0 bridgehead atoms. The summed E-state index contributed by atoms with van der Waals surface area (Å²) >= 11 is 3.10. The predicted molar refractivity (Wildman–Crippen MR) is 56.2 cm³/mol. The molecule has 0 aliphatic carbocycles. The molecule has 1 aromatic heterocycles. The maximum atomic E-state index is 11.7. The molecule has 0 saturated carbocycles. The van der Waals surface area contributed by atoms with E-state index < -0.39 is 0 Å². The molecule has 0 aliphatic rings. The Hall–Kier alpha value is -0.280. The van der Waals surface area contributed by atoms with E-state index in [2.05, 4.69) is 0 Å². The standard InChI is InChI=1S/C9H12OS2/c1-9(2,11-3)8(10)7-5-4-6-12-7/h4-6H,1-3H3. The van der Waals surface area contributed by atoms with Gasteiger partial charge in [-0.3, -0.25) is 4.79 Å². The fraction of sp³-hybridized carbons (Fsp3) is 0.444. The van der Waals surface area contributed by atoms with Crippen LogP contribution in [-0.4, -0.2) is 16.8 Å². The highest BCUT2D eigenvalue weighted by atomic mass is 32.2. The van der Waals surface area contributed by atoms with Gasteiger partial charge in [0, 0.05) is 0 Å². The summed E-state index contributed by atoms with van der Waals surface area (Å²) in [5.74, 6) is 0.227. The van der Waals surface area contributed by atoms with Crippen molar-refractivity contribution in [2.45, 2.75) is 18.6 Å². The highest BCUT2D eigenvalue weighted by molar-refractivity contribution is 8.00. The summed E-state index contributed by atoms with van der Waals surface area (Å²) in [6.45, 7) is 3.92. The second-order valence-corrected chi connectivity index (χ2v) is 5.40. The number of hydrogen-bond acceptors (Lipinski definition) is 3. The average molecular weight is 200 g/mol. The van der Waals surface area contributed by atoms with Crippen LogP contribution < -0.4 is 0 Å². The molecule has 0 aromatic carbocycles. The first-order chi connectivity index (χ1) is 5.58. The number of hydrogen-bond donors (Lipinski definition) is 0. The van der Waals surface area contributed by atoms with Gasteiger partial charge in [-0.25, -0.2) is 0 Å². The minimum atomic E-state index is -0.287. The van der Waals surface area contributed by atoms with Crippen LogP contribution in [-0.2, 0) is 0 Å². The van der Waals surface area contributed by atoms with Crippen molar-refractivity contribution in [2.75, 3.05) is 6.26 Å². The molecule has 66 valence electrons. The van der Waals surface area contributed by atoms with Crippen molar-refractivity contribution in [3.63, 3.8) is 0 Å². The average Bonchev–Trinajstić information content (AvgIpc) is 2.55. The van der Waals surface area contributed by atoms with Crippen LogP contribution in [0.1, 0.15) is 23.5 Å². The van der Waals surface area contributed by atoms with Gasteiger partial charge in [-0.15, -0.1) is 11.3 Å². The van der Waals surface area contributed by atoms with Crippen LogP contribution in [0.25, 0.3) is 0 Å². The van der Waals surface area contributed by atoms with E-state index in [0.717, 1.165) is 4.88 Å². The molecule has 0 aliphatic heterocycles. The highest BCUT2D eigenvalue weighted by Crippen LogP contribution is 2.27. The Bertz CT molecular complexity index is 262. The van der Waals surface area contributed by atoms with E-state index in [0.29, 0.717) is 0 Å². The molecule has 0 atom stereocenters. The van der Waals surface area contributed by atoms with Crippen molar-refractivity contribution in [3.8, 4) is 0 Å². The van der Waals surface area contributed by atoms with E-state index in [1.807, 2.05) is 37.6 Å². The summed E-state index contributed by atoms with van der Waals surface area (Å²) < 4.78 is -0.287. The lowest BCUT2D eigenvalue weighted by Crippen LogP contribution is -2.26. The molecule has 3 heteroatoms. The van der Waals surface area contributed by atoms with E-state index >= 15 is 0 Å². The lowest BCUT2D eigenvalue weighted by Gasteiger charge is -2.18. The largest absolute Gasteiger partial charge is 0.292 e. The maximum Gasteiger partial charge on any atom is 0.188 e. The van der Waals surface area contributed by atoms with Gasteiger partial charge in [0.05, 0.1) is 9.62 Å². The third-order valence-electron chi connectivity index (χ3n) is 1.80. The number of rotatable bonds is 3. The fourth-order valence-electron chi connectivity index (χ4n) is 0.797. The molecular formula is C9H12OS2. The smallest absolute Gasteiger partial charge is 0.188 e. The van der Waals surface area contributed by atoms with Gasteiger partial charge in [-0.2, -0.15) is 11.8 Å². The maximum absolute atomic E-state index is 11.7. The molecule has 0 amide bonds. The zero-order valence-electron chi connectivity index (χ0n) is 7.46. The Morgan fingerprint density at radius 3 is 2.67 bits per heavy atom. The molecule has 0 unspecified atom stereocenters. The Morgan fingerprint density at radius 1 is 1.58 bits per heavy atom. The van der Waals surface area contributed by atoms with Gasteiger partial charge in [0.25, 0.3) is 0 Å². The molecule has 0 spiro atoms. The molecule has 0 fully saturated rings. The number of carbonyl (C=O) groups excluding carboxylic acids is 1. The molecule has 1 heterocycles. The normalized spacial score (nSPS) is 11.6. The van der Waals surface area contributed by atoms with Crippen molar-refractivity contribution in [3.05, 3.63) is 22.4 Å². The number of ketones is 1. The van der Waals surface area contributed by atoms with Gasteiger partial charge in [0.1, 0.15) is 0 Å². The summed E-state index contributed by atoms with van der Waals surface area (Å²) in [5, 5.41) is 1.93. The first-order valence-electron chi connectivity index (χ1n) is 3.71. The van der Waals surface area contributed by atoms with Gasteiger partial charge in [0.15, 0.2) is 5.78 Å². The molecule has 1 aromatic rings. The van der Waals surface area contributed by atoms with Crippen molar-refractivity contribution in [1.82, 2.24) is 0 Å². The molecule has 1 nitrogen and oxygen atoms in total. The molecular weight excluding hydrogens is 188 g/mol. The topological polar surface area (TPSA) is 17.1 Å². The minimum Gasteiger partial charge on any atom is -0.292 e. The van der Waals surface area contributed by atoms with Gasteiger partial charge < -0.3 is 0 Å². The lowest BCUT2D eigenvalue weighted by molar-refractivity contribution is 0.0962. The quantitative estimate of drug-likeness (QED) is 0.697. The van der Waals surface area contributed by atoms with E-state index in [-0.39, 0.29) is 10.5 Å². The highest BCUT2D eigenvalue weighted by Gasteiger charge is 2.27. The van der Waals surface area contributed by atoms with Crippen LogP contribution in [0, 0.1) is 0 Å². The van der Waals surface area contributed by atoms with Crippen LogP contribution in [0.4, 0.5) is 0 Å². The third-order valence-corrected chi connectivity index (χ3v) is 3.88. The molecule has 0 N–H and O–H groups in total. The van der Waals surface area contributed by atoms with Crippen LogP contribution in [0.3, 0.4) is 0 Å². The minimum absolute atomic E-state index is 0.227. The van der Waals surface area contributed by atoms with Gasteiger partial charge in [-0.1, -0.05) is 6.07 Å². The summed E-state index contributed by atoms with van der Waals surface area (Å²) in [4.78, 5) is 12.6. The SMILES string of the molecule is CSC(C)(C)C(=O)c1cccs1. The van der Waals surface area contributed by atoms with Crippen molar-refractivity contribution in [1.29, 1.82) is 0 Å². The number of thioether (sulfide) groups is 1. The first kappa shape index (κ1) is 9.81. The second-order valence-electron chi connectivity index (χ2n) is 3.02. The molecule has 12 heavy (non-hydrogen) atoms. The number of carbonyl (C=O) groups is 1. The van der Waals surface area contributed by atoms with E-state index in [9.17, 15) is 4.79 Å². The van der Waals surface area contributed by atoms with Gasteiger partial charge >= 0.3 is 0 Å². The fourth-order valence-corrected chi connectivity index (χ4v) is 1.98. The Labute approximate surface area is 81.2 Å². The summed E-state index contributed by atoms with van der Waals surface area (Å²) in [5.41, 5.74) is 0. The summed E-state index contributed by atoms with van der Waals surface area (Å²) in [6.07, 6.45) is 1.96. The zero-order chi connectivity index (χ0) is 9.19. The molecule has 0 saturated heterocycles. The lowest BCUT2D eigenvalue weighted by atomic mass is 10.1. The molecule has 0 radical (unpaired) electrons. The van der Waals surface area contributed by atoms with Crippen molar-refractivity contribution < 1.29 is 4.79 Å². The Kier molecular flexibility index (Phi) is 2.96. The van der Waals surface area contributed by atoms with E-state index in [4.69, 9.17) is 0 Å². The van der Waals surface area contributed by atoms with E-state index in [1.54, 1.807) is 11.8 Å². The van der Waals surface area contributed by atoms with Gasteiger partial charge in [-0.05, 0) is 31.5 Å².